The van der Waals surface area contributed by atoms with Gasteiger partial charge in [0, 0.05) is 80.9 Å². The molecule has 0 aromatic carbocycles. The number of aromatic nitrogens is 4. The first-order valence-corrected chi connectivity index (χ1v) is 16.4. The van der Waals surface area contributed by atoms with E-state index in [1.807, 2.05) is 6.07 Å². The van der Waals surface area contributed by atoms with Crippen LogP contribution in [-0.4, -0.2) is 108 Å². The van der Waals surface area contributed by atoms with Gasteiger partial charge in [-0.2, -0.15) is 15.2 Å². The van der Waals surface area contributed by atoms with E-state index in [9.17, 15) is 5.26 Å². The van der Waals surface area contributed by atoms with Gasteiger partial charge in [-0.1, -0.05) is 5.16 Å². The number of piperazine rings is 1. The van der Waals surface area contributed by atoms with Gasteiger partial charge in [0.2, 0.25) is 17.7 Å². The quantitative estimate of drug-likeness (QED) is 0.442. The number of nitriles is 1. The average molecular weight is 604 g/mol. The Morgan fingerprint density at radius 1 is 1.12 bits per heavy atom. The third kappa shape index (κ3) is 5.14. The van der Waals surface area contributed by atoms with Crippen molar-refractivity contribution in [3.05, 3.63) is 28.0 Å². The Hall–Kier alpha value is -3.31. The van der Waals surface area contributed by atoms with Gasteiger partial charge in [-0.25, -0.2) is 4.98 Å². The van der Waals surface area contributed by atoms with E-state index in [-0.39, 0.29) is 6.04 Å². The summed E-state index contributed by atoms with van der Waals surface area (Å²) in [4.78, 5) is 25.9. The van der Waals surface area contributed by atoms with Gasteiger partial charge in [0.15, 0.2) is 0 Å². The summed E-state index contributed by atoms with van der Waals surface area (Å²) >= 11 is 1.51. The first-order valence-electron chi connectivity index (χ1n) is 15.5. The molecule has 3 N–H and O–H groups in total. The molecule has 0 bridgehead atoms. The lowest BCUT2D eigenvalue weighted by Gasteiger charge is -2.47. The van der Waals surface area contributed by atoms with E-state index in [1.165, 1.54) is 11.3 Å². The Balaban J connectivity index is 1.23. The fraction of sp³-hybridized carbons (Fsp3) is 0.633. The van der Waals surface area contributed by atoms with Crippen LogP contribution >= 0.6 is 11.3 Å². The van der Waals surface area contributed by atoms with Crippen LogP contribution in [0.25, 0.3) is 11.5 Å². The van der Waals surface area contributed by atoms with E-state index in [0.29, 0.717) is 34.0 Å². The minimum Gasteiger partial charge on any atom is -0.389 e. The third-order valence-corrected chi connectivity index (χ3v) is 10.8. The van der Waals surface area contributed by atoms with Crippen LogP contribution in [0.3, 0.4) is 0 Å². The highest BCUT2D eigenvalue weighted by atomic mass is 32.1. The number of nitrogen functional groups attached to an aromatic ring is 1. The number of hydrogen-bond acceptors (Lipinski definition) is 13. The molecule has 0 radical (unpaired) electrons. The highest BCUT2D eigenvalue weighted by Gasteiger charge is 2.43. The minimum atomic E-state index is -0.575. The maximum Gasteiger partial charge on any atom is 0.237 e. The van der Waals surface area contributed by atoms with Crippen molar-refractivity contribution in [3.63, 3.8) is 0 Å². The summed E-state index contributed by atoms with van der Waals surface area (Å²) in [6.45, 7) is 13.4. The summed E-state index contributed by atoms with van der Waals surface area (Å²) in [6.07, 6.45) is 3.75. The summed E-state index contributed by atoms with van der Waals surface area (Å²) < 4.78 is 5.99. The lowest BCUT2D eigenvalue weighted by Crippen LogP contribution is -2.63. The second-order valence-corrected chi connectivity index (χ2v) is 13.9. The molecule has 3 aromatic heterocycles. The largest absolute Gasteiger partial charge is 0.389 e. The van der Waals surface area contributed by atoms with E-state index in [4.69, 9.17) is 25.2 Å². The number of nitrogens with two attached hydrogens (primary N) is 1. The van der Waals surface area contributed by atoms with Crippen LogP contribution in [0.4, 0.5) is 16.8 Å². The second-order valence-electron chi connectivity index (χ2n) is 12.8. The zero-order valence-corrected chi connectivity index (χ0v) is 26.2. The number of hydrogen-bond donors (Lipinski definition) is 2. The topological polar surface area (TPSA) is 140 Å². The van der Waals surface area contributed by atoms with Crippen LogP contribution < -0.4 is 20.9 Å². The van der Waals surface area contributed by atoms with Crippen molar-refractivity contribution < 1.29 is 4.52 Å². The predicted molar refractivity (Wildman–Crippen MR) is 168 cm³/mol. The number of rotatable bonds is 5. The van der Waals surface area contributed by atoms with Crippen molar-refractivity contribution in [1.82, 2.24) is 35.2 Å². The lowest BCUT2D eigenvalue weighted by molar-refractivity contribution is 0.147. The zero-order chi connectivity index (χ0) is 29.7. The summed E-state index contributed by atoms with van der Waals surface area (Å²) in [5.41, 5.74) is 7.84. The Morgan fingerprint density at radius 3 is 2.72 bits per heavy atom. The van der Waals surface area contributed by atoms with Crippen LogP contribution in [0.2, 0.25) is 0 Å². The highest BCUT2D eigenvalue weighted by molar-refractivity contribution is 7.16. The Bertz CT molecular complexity index is 1520. The van der Waals surface area contributed by atoms with Crippen LogP contribution in [0, 0.1) is 11.3 Å². The fourth-order valence-electron chi connectivity index (χ4n) is 7.28. The summed E-state index contributed by atoms with van der Waals surface area (Å²) in [6, 6.07) is 5.16. The van der Waals surface area contributed by atoms with Gasteiger partial charge < -0.3 is 30.3 Å². The molecule has 13 heteroatoms. The van der Waals surface area contributed by atoms with E-state index >= 15 is 0 Å². The van der Waals surface area contributed by atoms with Gasteiger partial charge in [0.25, 0.3) is 0 Å². The normalized spacial score (nSPS) is 25.7. The van der Waals surface area contributed by atoms with Crippen molar-refractivity contribution >= 4 is 28.1 Å². The first kappa shape index (κ1) is 28.5. The molecule has 0 saturated carbocycles. The van der Waals surface area contributed by atoms with Crippen molar-refractivity contribution in [3.8, 4) is 17.6 Å². The molecular weight excluding hydrogens is 562 g/mol. The van der Waals surface area contributed by atoms with Gasteiger partial charge >= 0.3 is 0 Å². The fourth-order valence-corrected chi connectivity index (χ4v) is 8.47. The number of likely N-dealkylation sites (N-methyl/N-ethyl adjacent to an activating group) is 1. The number of nitrogens with one attached hydrogen (secondary N) is 1. The molecule has 4 aliphatic rings. The Morgan fingerprint density at radius 2 is 1.93 bits per heavy atom. The number of aryl methyl sites for hydroxylation is 1. The second kappa shape index (κ2) is 11.3. The third-order valence-electron chi connectivity index (χ3n) is 9.74. The van der Waals surface area contributed by atoms with Gasteiger partial charge in [-0.15, -0.1) is 11.3 Å². The van der Waals surface area contributed by atoms with Crippen LogP contribution in [0.5, 0.6) is 0 Å². The van der Waals surface area contributed by atoms with Crippen LogP contribution in [-0.2, 0) is 11.8 Å². The lowest BCUT2D eigenvalue weighted by atomic mass is 9.72. The van der Waals surface area contributed by atoms with E-state index in [0.717, 1.165) is 107 Å². The van der Waals surface area contributed by atoms with Gasteiger partial charge in [0.05, 0.1) is 11.0 Å². The summed E-state index contributed by atoms with van der Waals surface area (Å²) in [5.74, 6) is 2.59. The van der Waals surface area contributed by atoms with Crippen molar-refractivity contribution in [1.29, 1.82) is 5.26 Å². The van der Waals surface area contributed by atoms with Crippen molar-refractivity contribution in [2.45, 2.75) is 57.0 Å². The molecule has 3 aromatic rings. The monoisotopic (exact) mass is 603 g/mol. The zero-order valence-electron chi connectivity index (χ0n) is 25.3. The van der Waals surface area contributed by atoms with Crippen LogP contribution in [0.1, 0.15) is 55.0 Å². The van der Waals surface area contributed by atoms with Gasteiger partial charge in [0.1, 0.15) is 22.6 Å². The van der Waals surface area contributed by atoms with Crippen molar-refractivity contribution in [2.75, 3.05) is 81.5 Å². The van der Waals surface area contributed by atoms with E-state index in [1.54, 1.807) is 0 Å². The molecule has 43 heavy (non-hydrogen) atoms. The van der Waals surface area contributed by atoms with Crippen LogP contribution in [0.15, 0.2) is 10.6 Å². The molecule has 0 spiro atoms. The van der Waals surface area contributed by atoms with Gasteiger partial charge in [-0.3, -0.25) is 4.90 Å². The molecule has 1 aliphatic carbocycles. The summed E-state index contributed by atoms with van der Waals surface area (Å²) in [7, 11) is 2.18. The van der Waals surface area contributed by atoms with E-state index < -0.39 is 5.41 Å². The Labute approximate surface area is 256 Å². The summed E-state index contributed by atoms with van der Waals surface area (Å²) in [5, 5.41) is 18.4. The molecule has 12 nitrogen and oxygen atoms in total. The van der Waals surface area contributed by atoms with Crippen molar-refractivity contribution in [2.24, 2.45) is 0 Å². The molecule has 3 aliphatic heterocycles. The molecule has 0 amide bonds. The molecule has 3 fully saturated rings. The Kier molecular flexibility index (Phi) is 7.49. The number of fused-ring (bicyclic) bond motifs is 1. The first-order chi connectivity index (χ1) is 20.8. The molecule has 0 unspecified atom stereocenters. The molecule has 228 valence electrons. The minimum absolute atomic E-state index is 0.273. The molecule has 6 heterocycles. The number of thiophene rings is 1. The molecule has 3 saturated heterocycles. The average Bonchev–Trinajstić information content (AvgIpc) is 3.56. The molecule has 2 atom stereocenters. The predicted octanol–water partition coefficient (Wildman–Crippen LogP) is 2.31. The maximum absolute atomic E-state index is 9.93. The maximum atomic E-state index is 9.93. The molecule has 7 rings (SSSR count). The number of nitrogens with zero attached hydrogens (tertiary/aromatic N) is 9. The van der Waals surface area contributed by atoms with E-state index in [2.05, 4.69) is 57.0 Å². The SMILES string of the molecule is C[C@H]1CN(C)CCCN1c1nc(-c2noc([C@@]3(C)CCCc4sc(N)c(C#N)c43)n2)cc(N2CC(N3CCNCC3)C2)n1. The number of anilines is 3. The highest BCUT2D eigenvalue weighted by Crippen LogP contribution is 2.48. The smallest absolute Gasteiger partial charge is 0.237 e. The van der Waals surface area contributed by atoms with Gasteiger partial charge in [-0.05, 0) is 53.1 Å². The standard InChI is InChI=1S/C30H41N11OS/c1-19-16-38(3)10-5-11-41(19)29-34-22(14-24(35-29)40-17-20(18-40)39-12-8-33-9-13-39)27-36-28(42-37-27)30(2)7-4-6-23-25(30)21(15-31)26(32)43-23/h14,19-20,33H,4-13,16-18,32H2,1-3H3/t19-,30-/m0/s1. The molecular formula is C30H41N11OS.